The summed E-state index contributed by atoms with van der Waals surface area (Å²) in [5.74, 6) is -0.861. The number of carbonyl (C=O) groups is 2. The number of aliphatic hydroxyl groups is 1. The van der Waals surface area contributed by atoms with Gasteiger partial charge >= 0.3 is 0 Å². The first-order valence-corrected chi connectivity index (χ1v) is 11.8. The zero-order valence-corrected chi connectivity index (χ0v) is 19.1. The molecule has 0 bridgehead atoms. The lowest BCUT2D eigenvalue weighted by Gasteiger charge is -2.29. The van der Waals surface area contributed by atoms with Crippen molar-refractivity contribution in [2.75, 3.05) is 31.6 Å². The number of nitrogens with zero attached hydrogens (tertiary/aromatic N) is 1. The van der Waals surface area contributed by atoms with Gasteiger partial charge in [0.15, 0.2) is 0 Å². The summed E-state index contributed by atoms with van der Waals surface area (Å²) in [4.78, 5) is 31.0. The molecular formula is C25H29FN4O4. The van der Waals surface area contributed by atoms with Crippen molar-refractivity contribution >= 4 is 29.2 Å². The maximum Gasteiger partial charge on any atom is 0.256 e. The van der Waals surface area contributed by atoms with Crippen LogP contribution in [0.1, 0.15) is 52.1 Å². The fourth-order valence-electron chi connectivity index (χ4n) is 5.03. The Morgan fingerprint density at radius 3 is 2.91 bits per heavy atom. The van der Waals surface area contributed by atoms with Crippen molar-refractivity contribution < 1.29 is 23.8 Å². The number of hydrogen-bond donors (Lipinski definition) is 4. The van der Waals surface area contributed by atoms with Gasteiger partial charge in [0.25, 0.3) is 11.8 Å². The summed E-state index contributed by atoms with van der Waals surface area (Å²) in [7, 11) is 0. The highest BCUT2D eigenvalue weighted by Crippen LogP contribution is 2.35. The average molecular weight is 469 g/mol. The van der Waals surface area contributed by atoms with E-state index in [0.717, 1.165) is 30.5 Å². The number of anilines is 1. The molecule has 0 saturated carbocycles. The molecule has 3 aliphatic rings. The van der Waals surface area contributed by atoms with E-state index < -0.39 is 12.0 Å². The highest BCUT2D eigenvalue weighted by molar-refractivity contribution is 6.34. The Kier molecular flexibility index (Phi) is 6.24. The molecule has 34 heavy (non-hydrogen) atoms. The molecule has 5 rings (SSSR count). The van der Waals surface area contributed by atoms with E-state index in [1.54, 1.807) is 17.0 Å². The first-order chi connectivity index (χ1) is 16.4. The summed E-state index contributed by atoms with van der Waals surface area (Å²) >= 11 is 0. The fourth-order valence-corrected chi connectivity index (χ4v) is 5.03. The van der Waals surface area contributed by atoms with Crippen LogP contribution in [-0.2, 0) is 16.0 Å². The van der Waals surface area contributed by atoms with Gasteiger partial charge in [-0.2, -0.15) is 0 Å². The summed E-state index contributed by atoms with van der Waals surface area (Å²) in [6.07, 6.45) is 3.98. The van der Waals surface area contributed by atoms with Crippen molar-refractivity contribution in [1.82, 2.24) is 15.2 Å². The van der Waals surface area contributed by atoms with Crippen LogP contribution in [0.3, 0.4) is 0 Å². The second-order valence-corrected chi connectivity index (χ2v) is 9.14. The van der Waals surface area contributed by atoms with Crippen LogP contribution in [0, 0.1) is 12.7 Å². The monoisotopic (exact) mass is 468 g/mol. The fraction of sp³-hybridized carbons (Fsp3) is 0.440. The molecule has 1 atom stereocenters. The van der Waals surface area contributed by atoms with Gasteiger partial charge in [-0.3, -0.25) is 14.9 Å². The highest BCUT2D eigenvalue weighted by atomic mass is 19.1. The maximum atomic E-state index is 13.8. The molecule has 3 aliphatic heterocycles. The number of H-pyrrole nitrogens is 1. The van der Waals surface area contributed by atoms with Crippen molar-refractivity contribution in [1.29, 1.82) is 0 Å². The molecule has 4 heterocycles. The molecule has 0 aliphatic carbocycles. The summed E-state index contributed by atoms with van der Waals surface area (Å²) < 4.78 is 19.2. The number of aryl methyl sites for hydroxylation is 1. The van der Waals surface area contributed by atoms with E-state index in [9.17, 15) is 19.1 Å². The third kappa shape index (κ3) is 4.38. The summed E-state index contributed by atoms with van der Waals surface area (Å²) in [5.41, 5.74) is 4.23. The SMILES string of the molecule is Cc1c(/C=C2\C(=O)Nc3ccc(F)cc32)[nH]c2c1C(=O)N(C[C@H](O)NC1CCOCC1)CCC2. The molecule has 2 aromatic rings. The Balaban J connectivity index is 1.38. The van der Waals surface area contributed by atoms with Crippen molar-refractivity contribution in [3.8, 4) is 0 Å². The Morgan fingerprint density at radius 1 is 1.32 bits per heavy atom. The molecule has 8 nitrogen and oxygen atoms in total. The molecule has 4 N–H and O–H groups in total. The Morgan fingerprint density at radius 2 is 2.12 bits per heavy atom. The van der Waals surface area contributed by atoms with Gasteiger partial charge in [-0.1, -0.05) is 0 Å². The van der Waals surface area contributed by atoms with Gasteiger partial charge in [0.1, 0.15) is 12.0 Å². The van der Waals surface area contributed by atoms with E-state index in [-0.39, 0.29) is 24.4 Å². The molecule has 1 aromatic carbocycles. The molecule has 180 valence electrons. The lowest BCUT2D eigenvalue weighted by Crippen LogP contribution is -2.48. The average Bonchev–Trinajstić information content (AvgIpc) is 3.23. The van der Waals surface area contributed by atoms with Gasteiger partial charge in [0.05, 0.1) is 17.7 Å². The minimum absolute atomic E-state index is 0.138. The maximum absolute atomic E-state index is 13.8. The number of nitrogens with one attached hydrogen (secondary N) is 3. The van der Waals surface area contributed by atoms with Gasteiger partial charge < -0.3 is 25.0 Å². The molecule has 1 saturated heterocycles. The van der Waals surface area contributed by atoms with Crippen LogP contribution in [0.2, 0.25) is 0 Å². The zero-order valence-electron chi connectivity index (χ0n) is 19.1. The first kappa shape index (κ1) is 22.8. The number of ether oxygens (including phenoxy) is 1. The Labute approximate surface area is 197 Å². The number of halogens is 1. The van der Waals surface area contributed by atoms with Crippen LogP contribution in [0.4, 0.5) is 10.1 Å². The highest BCUT2D eigenvalue weighted by Gasteiger charge is 2.30. The second-order valence-electron chi connectivity index (χ2n) is 9.14. The van der Waals surface area contributed by atoms with Crippen molar-refractivity contribution in [2.45, 2.75) is 44.9 Å². The first-order valence-electron chi connectivity index (χ1n) is 11.8. The number of fused-ring (bicyclic) bond motifs is 2. The third-order valence-corrected chi connectivity index (χ3v) is 6.82. The molecule has 2 amide bonds. The zero-order chi connectivity index (χ0) is 23.8. The number of β-amino-alcohol motifs (C(OH)–C–C–N with tert-alkyl or cyclic N) is 1. The van der Waals surface area contributed by atoms with Gasteiger partial charge in [0, 0.05) is 48.4 Å². The van der Waals surface area contributed by atoms with Crippen LogP contribution >= 0.6 is 0 Å². The van der Waals surface area contributed by atoms with E-state index in [1.165, 1.54) is 12.1 Å². The summed E-state index contributed by atoms with van der Waals surface area (Å²) in [6, 6.07) is 4.37. The molecule has 1 fully saturated rings. The van der Waals surface area contributed by atoms with Crippen LogP contribution in [0.5, 0.6) is 0 Å². The second kappa shape index (κ2) is 9.32. The minimum atomic E-state index is -0.817. The molecule has 1 aromatic heterocycles. The van der Waals surface area contributed by atoms with Crippen LogP contribution in [0.15, 0.2) is 18.2 Å². The van der Waals surface area contributed by atoms with Crippen molar-refractivity contribution in [3.05, 3.63) is 52.1 Å². The molecule has 0 radical (unpaired) electrons. The lowest BCUT2D eigenvalue weighted by atomic mass is 10.0. The van der Waals surface area contributed by atoms with Crippen molar-refractivity contribution in [2.24, 2.45) is 0 Å². The number of carbonyl (C=O) groups excluding carboxylic acids is 2. The normalized spacial score (nSPS) is 20.8. The number of amides is 2. The number of aromatic nitrogens is 1. The summed E-state index contributed by atoms with van der Waals surface area (Å²) in [5, 5.41) is 16.5. The Hall–Kier alpha value is -3.01. The van der Waals surface area contributed by atoms with Crippen molar-refractivity contribution in [3.63, 3.8) is 0 Å². The Bertz CT molecular complexity index is 1150. The van der Waals surface area contributed by atoms with E-state index in [0.29, 0.717) is 54.3 Å². The number of hydrogen-bond acceptors (Lipinski definition) is 5. The van der Waals surface area contributed by atoms with Gasteiger partial charge in [-0.15, -0.1) is 0 Å². The molecule has 0 spiro atoms. The van der Waals surface area contributed by atoms with Crippen LogP contribution < -0.4 is 10.6 Å². The van der Waals surface area contributed by atoms with Crippen LogP contribution in [0.25, 0.3) is 11.6 Å². The van der Waals surface area contributed by atoms with E-state index in [2.05, 4.69) is 15.6 Å². The number of aromatic amines is 1. The molecule has 0 unspecified atom stereocenters. The predicted molar refractivity (Wildman–Crippen MR) is 126 cm³/mol. The van der Waals surface area contributed by atoms with E-state index in [1.807, 2.05) is 6.92 Å². The largest absolute Gasteiger partial charge is 0.381 e. The number of aliphatic hydroxyl groups excluding tert-OH is 1. The van der Waals surface area contributed by atoms with Crippen LogP contribution in [-0.4, -0.2) is 65.4 Å². The molecular weight excluding hydrogens is 439 g/mol. The van der Waals surface area contributed by atoms with E-state index >= 15 is 0 Å². The van der Waals surface area contributed by atoms with Gasteiger partial charge in [-0.25, -0.2) is 4.39 Å². The topological polar surface area (TPSA) is 107 Å². The summed E-state index contributed by atoms with van der Waals surface area (Å²) in [6.45, 7) is 3.95. The number of rotatable bonds is 5. The lowest BCUT2D eigenvalue weighted by molar-refractivity contribution is -0.110. The van der Waals surface area contributed by atoms with Gasteiger partial charge in [0.2, 0.25) is 0 Å². The van der Waals surface area contributed by atoms with E-state index in [4.69, 9.17) is 4.74 Å². The predicted octanol–water partition coefficient (Wildman–Crippen LogP) is 2.43. The quantitative estimate of drug-likeness (QED) is 0.398. The van der Waals surface area contributed by atoms with Gasteiger partial charge in [-0.05, 0) is 62.4 Å². The molecule has 9 heteroatoms. The third-order valence-electron chi connectivity index (χ3n) is 6.82. The standard InChI is InChI=1S/C25H29FN4O4/c1-14-21(12-18-17-11-15(26)4-5-19(17)29-24(18)32)28-20-3-2-8-30(25(33)23(14)20)13-22(31)27-16-6-9-34-10-7-16/h4-5,11-12,16,22,27-28,31H,2-3,6-10,13H2,1H3,(H,29,32)/b18-12-/t22-/m0/s1. The number of benzene rings is 1. The smallest absolute Gasteiger partial charge is 0.256 e. The minimum Gasteiger partial charge on any atom is -0.381 e.